The van der Waals surface area contributed by atoms with Crippen molar-refractivity contribution in [2.45, 2.75) is 5.16 Å². The molecule has 4 aromatic heterocycles. The molecule has 182 valence electrons. The minimum Gasteiger partial charge on any atom is -0.464 e. The Bertz CT molecular complexity index is 1740. The first kappa shape index (κ1) is 23.3. The molecule has 6 aromatic rings. The molecule has 0 fully saturated rings. The topological polar surface area (TPSA) is 103 Å². The number of hydrogen-bond donors (Lipinski definition) is 1. The minimum atomic E-state index is -0.293. The first-order valence-electron chi connectivity index (χ1n) is 11.1. The summed E-state index contributed by atoms with van der Waals surface area (Å²) in [6.45, 7) is 0. The quantitative estimate of drug-likeness (QED) is 0.196. The normalized spacial score (nSPS) is 11.1. The number of amides is 1. The molecule has 0 saturated carbocycles. The van der Waals surface area contributed by atoms with E-state index in [4.69, 9.17) is 9.40 Å². The van der Waals surface area contributed by atoms with Crippen molar-refractivity contribution in [2.75, 3.05) is 11.1 Å². The van der Waals surface area contributed by atoms with Gasteiger partial charge >= 0.3 is 0 Å². The maximum Gasteiger partial charge on any atom is 0.268 e. The Balaban J connectivity index is 1.29. The van der Waals surface area contributed by atoms with Gasteiger partial charge in [0, 0.05) is 16.5 Å². The van der Waals surface area contributed by atoms with Crippen LogP contribution < -0.4 is 10.9 Å². The zero-order valence-corrected chi connectivity index (χ0v) is 21.5. The molecule has 0 spiro atoms. The van der Waals surface area contributed by atoms with Crippen LogP contribution in [0.3, 0.4) is 0 Å². The fraction of sp³-hybridized carbons (Fsp3) is 0.0385. The minimum absolute atomic E-state index is 0.0288. The smallest absolute Gasteiger partial charge is 0.268 e. The Morgan fingerprint density at radius 2 is 1.78 bits per heavy atom. The molecule has 0 unspecified atom stereocenters. The van der Waals surface area contributed by atoms with E-state index in [1.165, 1.54) is 39.2 Å². The van der Waals surface area contributed by atoms with E-state index in [1.807, 2.05) is 72.1 Å². The molecule has 1 amide bonds. The fourth-order valence-corrected chi connectivity index (χ4v) is 6.16. The first-order chi connectivity index (χ1) is 18.2. The van der Waals surface area contributed by atoms with Gasteiger partial charge in [-0.15, -0.1) is 11.3 Å². The molecule has 0 bridgehead atoms. The maximum absolute atomic E-state index is 13.8. The summed E-state index contributed by atoms with van der Waals surface area (Å²) in [5, 5.41) is 6.23. The monoisotopic (exact) mass is 543 g/mol. The standard InChI is InChI=1S/C26H17N5O3S3/c32-20(27-25-28-22(37-30-25)16-8-3-1-4-9-16)15-36-26-29-23-21(18(14-35-23)19-12-7-13-34-19)24(33)31(26)17-10-5-2-6-11-17/h1-14H,15H2,(H,27,30,32). The molecule has 4 heterocycles. The average molecular weight is 544 g/mol. The largest absolute Gasteiger partial charge is 0.464 e. The van der Waals surface area contributed by atoms with E-state index >= 15 is 0 Å². The molecule has 0 aliphatic rings. The number of aromatic nitrogens is 4. The summed E-state index contributed by atoms with van der Waals surface area (Å²) in [5.74, 6) is 0.592. The summed E-state index contributed by atoms with van der Waals surface area (Å²) in [6.07, 6.45) is 1.57. The van der Waals surface area contributed by atoms with E-state index in [0.29, 0.717) is 32.4 Å². The number of para-hydroxylation sites is 1. The fourth-order valence-electron chi connectivity index (χ4n) is 3.75. The van der Waals surface area contributed by atoms with Crippen molar-refractivity contribution in [1.82, 2.24) is 18.9 Å². The number of anilines is 1. The van der Waals surface area contributed by atoms with E-state index in [1.54, 1.807) is 12.3 Å². The van der Waals surface area contributed by atoms with Gasteiger partial charge < -0.3 is 4.42 Å². The van der Waals surface area contributed by atoms with Gasteiger partial charge in [-0.3, -0.25) is 19.5 Å². The van der Waals surface area contributed by atoms with Gasteiger partial charge in [-0.25, -0.2) is 4.98 Å². The molecule has 0 aliphatic heterocycles. The predicted molar refractivity (Wildman–Crippen MR) is 148 cm³/mol. The molecule has 0 saturated heterocycles. The van der Waals surface area contributed by atoms with E-state index < -0.39 is 0 Å². The third-order valence-corrected chi connectivity index (χ3v) is 7.98. The summed E-state index contributed by atoms with van der Waals surface area (Å²) < 4.78 is 11.3. The van der Waals surface area contributed by atoms with E-state index in [0.717, 1.165) is 10.6 Å². The van der Waals surface area contributed by atoms with Crippen LogP contribution >= 0.6 is 34.6 Å². The lowest BCUT2D eigenvalue weighted by atomic mass is 10.2. The number of carbonyl (C=O) groups is 1. The van der Waals surface area contributed by atoms with Crippen molar-refractivity contribution < 1.29 is 9.21 Å². The third-order valence-electron chi connectivity index (χ3n) is 5.41. The van der Waals surface area contributed by atoms with Crippen LogP contribution in [0.5, 0.6) is 0 Å². The second kappa shape index (κ2) is 10.1. The molecular weight excluding hydrogens is 527 g/mol. The number of benzene rings is 2. The van der Waals surface area contributed by atoms with Gasteiger partial charge in [0.05, 0.1) is 23.1 Å². The number of nitrogens with one attached hydrogen (secondary N) is 1. The highest BCUT2D eigenvalue weighted by Gasteiger charge is 2.20. The zero-order chi connectivity index (χ0) is 25.2. The number of hydrogen-bond acceptors (Lipinski definition) is 9. The second-order valence-electron chi connectivity index (χ2n) is 7.80. The summed E-state index contributed by atoms with van der Waals surface area (Å²) in [5.41, 5.74) is 2.07. The Hall–Kier alpha value is -4.06. The molecule has 8 nitrogen and oxygen atoms in total. The van der Waals surface area contributed by atoms with Crippen LogP contribution in [0, 0.1) is 0 Å². The van der Waals surface area contributed by atoms with Gasteiger partial charge in [0.2, 0.25) is 11.9 Å². The van der Waals surface area contributed by atoms with Crippen molar-refractivity contribution in [2.24, 2.45) is 0 Å². The van der Waals surface area contributed by atoms with Gasteiger partial charge in [0.1, 0.15) is 15.6 Å². The Morgan fingerprint density at radius 3 is 2.54 bits per heavy atom. The van der Waals surface area contributed by atoms with Crippen molar-refractivity contribution in [3.05, 3.63) is 94.8 Å². The van der Waals surface area contributed by atoms with Gasteiger partial charge in [-0.1, -0.05) is 60.3 Å². The Labute approximate surface area is 222 Å². The highest BCUT2D eigenvalue weighted by atomic mass is 32.2. The summed E-state index contributed by atoms with van der Waals surface area (Å²) >= 11 is 3.76. The number of fused-ring (bicyclic) bond motifs is 1. The van der Waals surface area contributed by atoms with Crippen LogP contribution in [0.25, 0.3) is 37.8 Å². The van der Waals surface area contributed by atoms with Gasteiger partial charge in [-0.05, 0) is 35.8 Å². The average Bonchev–Trinajstić information content (AvgIpc) is 3.70. The Morgan fingerprint density at radius 1 is 1.00 bits per heavy atom. The van der Waals surface area contributed by atoms with Crippen LogP contribution in [0.4, 0.5) is 5.95 Å². The number of nitrogens with zero attached hydrogens (tertiary/aromatic N) is 4. The van der Waals surface area contributed by atoms with E-state index in [9.17, 15) is 9.59 Å². The van der Waals surface area contributed by atoms with Crippen LogP contribution in [0.1, 0.15) is 0 Å². The molecule has 37 heavy (non-hydrogen) atoms. The lowest BCUT2D eigenvalue weighted by molar-refractivity contribution is -0.113. The van der Waals surface area contributed by atoms with Gasteiger partial charge in [0.25, 0.3) is 5.56 Å². The second-order valence-corrected chi connectivity index (χ2v) is 10.4. The molecule has 2 aromatic carbocycles. The number of carbonyl (C=O) groups excluding carboxylic acids is 1. The molecule has 0 atom stereocenters. The number of furan rings is 1. The number of rotatable bonds is 7. The maximum atomic E-state index is 13.8. The van der Waals surface area contributed by atoms with Gasteiger partial charge in [0.15, 0.2) is 5.16 Å². The first-order valence-corrected chi connectivity index (χ1v) is 13.8. The SMILES string of the molecule is O=C(CSc1nc2scc(-c3ccco3)c2c(=O)n1-c1ccccc1)Nc1nsc(-c2ccccc2)n1. The molecule has 1 N–H and O–H groups in total. The van der Waals surface area contributed by atoms with Crippen molar-refractivity contribution in [3.8, 4) is 27.6 Å². The van der Waals surface area contributed by atoms with Gasteiger partial charge in [-0.2, -0.15) is 9.36 Å². The van der Waals surface area contributed by atoms with Crippen molar-refractivity contribution in [1.29, 1.82) is 0 Å². The third kappa shape index (κ3) is 4.71. The van der Waals surface area contributed by atoms with Crippen molar-refractivity contribution in [3.63, 3.8) is 0 Å². The molecule has 6 rings (SSSR count). The zero-order valence-electron chi connectivity index (χ0n) is 19.0. The predicted octanol–water partition coefficient (Wildman–Crippen LogP) is 5.96. The molecule has 0 aliphatic carbocycles. The summed E-state index contributed by atoms with van der Waals surface area (Å²) in [6, 6.07) is 22.5. The highest BCUT2D eigenvalue weighted by molar-refractivity contribution is 7.99. The lowest BCUT2D eigenvalue weighted by Gasteiger charge is -2.12. The number of thiophene rings is 1. The number of thioether (sulfide) groups is 1. The highest BCUT2D eigenvalue weighted by Crippen LogP contribution is 2.33. The van der Waals surface area contributed by atoms with Crippen LogP contribution in [-0.2, 0) is 4.79 Å². The molecule has 11 heteroatoms. The molecular formula is C26H17N5O3S3. The Kier molecular flexibility index (Phi) is 6.39. The van der Waals surface area contributed by atoms with Crippen LogP contribution in [-0.4, -0.2) is 30.6 Å². The lowest BCUT2D eigenvalue weighted by Crippen LogP contribution is -2.22. The van der Waals surface area contributed by atoms with E-state index in [-0.39, 0.29) is 23.2 Å². The molecule has 0 radical (unpaired) electrons. The summed E-state index contributed by atoms with van der Waals surface area (Å²) in [4.78, 5) is 36.3. The van der Waals surface area contributed by atoms with E-state index in [2.05, 4.69) is 14.7 Å². The van der Waals surface area contributed by atoms with Crippen molar-refractivity contribution >= 4 is 56.7 Å². The summed E-state index contributed by atoms with van der Waals surface area (Å²) in [7, 11) is 0. The van der Waals surface area contributed by atoms with Crippen LogP contribution in [0.2, 0.25) is 0 Å². The van der Waals surface area contributed by atoms with Crippen LogP contribution in [0.15, 0.2) is 98.8 Å².